The Balaban J connectivity index is 1.85. The monoisotopic (exact) mass is 286 g/mol. The molecule has 0 spiro atoms. The Morgan fingerprint density at radius 2 is 2.05 bits per heavy atom. The molecule has 110 valence electrons. The molecule has 0 bridgehead atoms. The molecule has 0 saturated carbocycles. The van der Waals surface area contributed by atoms with Crippen LogP contribution in [0.15, 0.2) is 36.4 Å². The Kier molecular flexibility index (Phi) is 3.60. The zero-order valence-corrected chi connectivity index (χ0v) is 11.9. The fourth-order valence-corrected chi connectivity index (χ4v) is 2.63. The van der Waals surface area contributed by atoms with E-state index in [9.17, 15) is 10.2 Å². The highest BCUT2D eigenvalue weighted by molar-refractivity contribution is 5.45. The number of phenols is 2. The van der Waals surface area contributed by atoms with Crippen LogP contribution < -0.4 is 9.47 Å². The fraction of sp³-hybridized carbons (Fsp3) is 0.294. The molecule has 1 heterocycles. The molecule has 0 aliphatic carbocycles. The lowest BCUT2D eigenvalue weighted by Gasteiger charge is -2.27. The van der Waals surface area contributed by atoms with E-state index in [-0.39, 0.29) is 17.6 Å². The van der Waals surface area contributed by atoms with Crippen LogP contribution in [0.2, 0.25) is 0 Å². The molecule has 0 radical (unpaired) electrons. The molecule has 2 aromatic carbocycles. The van der Waals surface area contributed by atoms with Crippen LogP contribution in [-0.2, 0) is 6.42 Å². The second-order valence-corrected chi connectivity index (χ2v) is 5.09. The third kappa shape index (κ3) is 2.75. The summed E-state index contributed by atoms with van der Waals surface area (Å²) in [6.45, 7) is 2.46. The van der Waals surface area contributed by atoms with Crippen LogP contribution in [0.3, 0.4) is 0 Å². The predicted molar refractivity (Wildman–Crippen MR) is 79.1 cm³/mol. The maximum Gasteiger partial charge on any atom is 0.128 e. The molecule has 0 amide bonds. The Labute approximate surface area is 123 Å². The number of benzene rings is 2. The molecule has 21 heavy (non-hydrogen) atoms. The molecule has 0 aromatic heterocycles. The van der Waals surface area contributed by atoms with Gasteiger partial charge in [-0.2, -0.15) is 0 Å². The number of hydrogen-bond acceptors (Lipinski definition) is 4. The zero-order chi connectivity index (χ0) is 14.8. The molecule has 2 N–H and O–H groups in total. The SMILES string of the molecule is CCOc1ccc(C2CCc3ccc(O)cc3O2)c(O)c1. The van der Waals surface area contributed by atoms with Gasteiger partial charge in [0.25, 0.3) is 0 Å². The first-order chi connectivity index (χ1) is 10.2. The van der Waals surface area contributed by atoms with Crippen molar-refractivity contribution in [2.45, 2.75) is 25.9 Å². The number of aromatic hydroxyl groups is 2. The summed E-state index contributed by atoms with van der Waals surface area (Å²) in [6.07, 6.45) is 1.43. The van der Waals surface area contributed by atoms with Crippen molar-refractivity contribution in [2.75, 3.05) is 6.61 Å². The highest BCUT2D eigenvalue weighted by Gasteiger charge is 2.24. The van der Waals surface area contributed by atoms with Crippen LogP contribution in [0.25, 0.3) is 0 Å². The Morgan fingerprint density at radius 1 is 1.19 bits per heavy atom. The summed E-state index contributed by atoms with van der Waals surface area (Å²) >= 11 is 0. The lowest BCUT2D eigenvalue weighted by atomic mass is 9.96. The van der Waals surface area contributed by atoms with Crippen LogP contribution in [0, 0.1) is 0 Å². The summed E-state index contributed by atoms with van der Waals surface area (Å²) < 4.78 is 11.3. The Morgan fingerprint density at radius 3 is 2.81 bits per heavy atom. The van der Waals surface area contributed by atoms with E-state index >= 15 is 0 Å². The van der Waals surface area contributed by atoms with Crippen molar-refractivity contribution < 1.29 is 19.7 Å². The van der Waals surface area contributed by atoms with Crippen LogP contribution >= 0.6 is 0 Å². The van der Waals surface area contributed by atoms with E-state index in [0.717, 1.165) is 24.0 Å². The number of phenolic OH excluding ortho intramolecular Hbond substituents is 2. The van der Waals surface area contributed by atoms with Crippen molar-refractivity contribution in [3.05, 3.63) is 47.5 Å². The first-order valence-electron chi connectivity index (χ1n) is 7.11. The van der Waals surface area contributed by atoms with E-state index in [2.05, 4.69) is 0 Å². The Bertz CT molecular complexity index is 651. The molecule has 1 aliphatic heterocycles. The van der Waals surface area contributed by atoms with Gasteiger partial charge in [0.05, 0.1) is 6.61 Å². The van der Waals surface area contributed by atoms with E-state index in [1.807, 2.05) is 25.1 Å². The highest BCUT2D eigenvalue weighted by Crippen LogP contribution is 2.40. The van der Waals surface area contributed by atoms with Gasteiger partial charge in [0.2, 0.25) is 0 Å². The van der Waals surface area contributed by atoms with Gasteiger partial charge in [-0.05, 0) is 43.5 Å². The molecule has 0 fully saturated rings. The van der Waals surface area contributed by atoms with Gasteiger partial charge in [-0.1, -0.05) is 6.07 Å². The highest BCUT2D eigenvalue weighted by atomic mass is 16.5. The van der Waals surface area contributed by atoms with Crippen LogP contribution in [0.1, 0.15) is 30.6 Å². The minimum atomic E-state index is -0.213. The minimum absolute atomic E-state index is 0.176. The molecule has 4 nitrogen and oxygen atoms in total. The zero-order valence-electron chi connectivity index (χ0n) is 11.9. The van der Waals surface area contributed by atoms with E-state index in [1.165, 1.54) is 0 Å². The minimum Gasteiger partial charge on any atom is -0.508 e. The summed E-state index contributed by atoms with van der Waals surface area (Å²) in [6, 6.07) is 10.4. The van der Waals surface area contributed by atoms with Gasteiger partial charge in [-0.3, -0.25) is 0 Å². The maximum absolute atomic E-state index is 10.2. The van der Waals surface area contributed by atoms with Crippen molar-refractivity contribution in [3.63, 3.8) is 0 Å². The molecule has 1 atom stereocenters. The molecule has 3 rings (SSSR count). The van der Waals surface area contributed by atoms with Crippen molar-refractivity contribution in [1.82, 2.24) is 0 Å². The molecular formula is C17H18O4. The molecule has 1 aliphatic rings. The Hall–Kier alpha value is -2.36. The van der Waals surface area contributed by atoms with Crippen molar-refractivity contribution in [1.29, 1.82) is 0 Å². The summed E-state index contributed by atoms with van der Waals surface area (Å²) in [7, 11) is 0. The first kappa shape index (κ1) is 13.6. The largest absolute Gasteiger partial charge is 0.508 e. The van der Waals surface area contributed by atoms with Crippen LogP contribution in [0.4, 0.5) is 0 Å². The van der Waals surface area contributed by atoms with Crippen LogP contribution in [-0.4, -0.2) is 16.8 Å². The lowest BCUT2D eigenvalue weighted by Crippen LogP contribution is -2.15. The number of aryl methyl sites for hydroxylation is 1. The normalized spacial score (nSPS) is 16.9. The van der Waals surface area contributed by atoms with Gasteiger partial charge in [0, 0.05) is 17.7 Å². The summed E-state index contributed by atoms with van der Waals surface area (Å²) in [5, 5.41) is 19.7. The second-order valence-electron chi connectivity index (χ2n) is 5.09. The summed E-state index contributed by atoms with van der Waals surface area (Å²) in [4.78, 5) is 0. The van der Waals surface area contributed by atoms with E-state index in [4.69, 9.17) is 9.47 Å². The van der Waals surface area contributed by atoms with Gasteiger partial charge in [0.15, 0.2) is 0 Å². The molecule has 2 aromatic rings. The van der Waals surface area contributed by atoms with Crippen molar-refractivity contribution >= 4 is 0 Å². The van der Waals surface area contributed by atoms with Gasteiger partial charge in [-0.25, -0.2) is 0 Å². The fourth-order valence-electron chi connectivity index (χ4n) is 2.63. The van der Waals surface area contributed by atoms with Crippen molar-refractivity contribution in [2.24, 2.45) is 0 Å². The van der Waals surface area contributed by atoms with Gasteiger partial charge in [-0.15, -0.1) is 0 Å². The topological polar surface area (TPSA) is 58.9 Å². The number of rotatable bonds is 3. The molecular weight excluding hydrogens is 268 g/mol. The van der Waals surface area contributed by atoms with E-state index < -0.39 is 0 Å². The van der Waals surface area contributed by atoms with Gasteiger partial charge >= 0.3 is 0 Å². The number of fused-ring (bicyclic) bond motifs is 1. The predicted octanol–water partition coefficient (Wildman–Crippen LogP) is 3.56. The second kappa shape index (κ2) is 5.56. The maximum atomic E-state index is 10.2. The van der Waals surface area contributed by atoms with E-state index in [1.54, 1.807) is 18.2 Å². The average molecular weight is 286 g/mol. The van der Waals surface area contributed by atoms with Crippen LogP contribution in [0.5, 0.6) is 23.0 Å². The molecule has 0 saturated heterocycles. The third-order valence-electron chi connectivity index (χ3n) is 3.66. The summed E-state index contributed by atoms with van der Waals surface area (Å²) in [5.74, 6) is 1.69. The average Bonchev–Trinajstić information content (AvgIpc) is 2.47. The standard InChI is InChI=1S/C17H18O4/c1-2-20-13-6-7-14(15(19)10-13)16-8-4-11-3-5-12(18)9-17(11)21-16/h3,5-7,9-10,16,18-19H,2,4,8H2,1H3. The molecule has 1 unspecified atom stereocenters. The number of ether oxygens (including phenoxy) is 2. The molecule has 4 heteroatoms. The third-order valence-corrected chi connectivity index (χ3v) is 3.66. The quantitative estimate of drug-likeness (QED) is 0.905. The van der Waals surface area contributed by atoms with Gasteiger partial charge < -0.3 is 19.7 Å². The first-order valence-corrected chi connectivity index (χ1v) is 7.11. The van der Waals surface area contributed by atoms with Gasteiger partial charge in [0.1, 0.15) is 29.1 Å². The summed E-state index contributed by atoms with van der Waals surface area (Å²) in [5.41, 5.74) is 1.82. The lowest BCUT2D eigenvalue weighted by molar-refractivity contribution is 0.172. The van der Waals surface area contributed by atoms with E-state index in [0.29, 0.717) is 18.1 Å². The van der Waals surface area contributed by atoms with Crippen molar-refractivity contribution in [3.8, 4) is 23.0 Å². The smallest absolute Gasteiger partial charge is 0.128 e. The number of hydrogen-bond donors (Lipinski definition) is 2.